The van der Waals surface area contributed by atoms with Crippen molar-refractivity contribution in [3.05, 3.63) is 47.8 Å². The van der Waals surface area contributed by atoms with Gasteiger partial charge in [0.15, 0.2) is 0 Å². The summed E-state index contributed by atoms with van der Waals surface area (Å²) in [5.41, 5.74) is -0.0452. The number of hydrogen-bond acceptors (Lipinski definition) is 3. The second kappa shape index (κ2) is 4.89. The van der Waals surface area contributed by atoms with Gasteiger partial charge in [0, 0.05) is 7.05 Å². The van der Waals surface area contributed by atoms with E-state index in [1.54, 1.807) is 7.05 Å². The van der Waals surface area contributed by atoms with Crippen molar-refractivity contribution in [2.45, 2.75) is 0 Å². The van der Waals surface area contributed by atoms with Crippen LogP contribution in [0.5, 0.6) is 0 Å². The molecule has 0 aliphatic carbocycles. The average molecular weight is 263 g/mol. The number of nitrogens with one attached hydrogen (secondary N) is 1. The highest BCUT2D eigenvalue weighted by Gasteiger charge is 2.16. The van der Waals surface area contributed by atoms with Crippen molar-refractivity contribution in [3.8, 4) is 0 Å². The van der Waals surface area contributed by atoms with Gasteiger partial charge < -0.3 is 15.0 Å². The van der Waals surface area contributed by atoms with Crippen LogP contribution in [0, 0.1) is 5.82 Å². The molecule has 1 aromatic carbocycles. The first-order chi connectivity index (χ1) is 8.99. The number of benzene rings is 1. The lowest BCUT2D eigenvalue weighted by molar-refractivity contribution is 0.0698. The van der Waals surface area contributed by atoms with E-state index in [4.69, 9.17) is 5.11 Å². The zero-order valence-electron chi connectivity index (χ0n) is 9.92. The van der Waals surface area contributed by atoms with Crippen LogP contribution in [0.3, 0.4) is 0 Å². The Morgan fingerprint density at radius 3 is 2.74 bits per heavy atom. The van der Waals surface area contributed by atoms with E-state index in [-0.39, 0.29) is 16.9 Å². The molecule has 0 radical (unpaired) electrons. The summed E-state index contributed by atoms with van der Waals surface area (Å²) < 4.78 is 14.6. The predicted octanol–water partition coefficient (Wildman–Crippen LogP) is 1.51. The maximum Gasteiger partial charge on any atom is 0.337 e. The van der Waals surface area contributed by atoms with Gasteiger partial charge in [0.1, 0.15) is 11.5 Å². The van der Waals surface area contributed by atoms with Crippen LogP contribution in [0.1, 0.15) is 20.8 Å². The first kappa shape index (κ1) is 12.7. The number of amides is 1. The van der Waals surface area contributed by atoms with Crippen LogP contribution < -0.4 is 5.32 Å². The van der Waals surface area contributed by atoms with Gasteiger partial charge in [-0.3, -0.25) is 4.79 Å². The SMILES string of the molecule is Cn1cncc1C(=O)Nc1cc(F)ccc1C(=O)O. The molecule has 6 nitrogen and oxygen atoms in total. The molecule has 0 atom stereocenters. The third-order valence-electron chi connectivity index (χ3n) is 2.51. The Morgan fingerprint density at radius 1 is 1.42 bits per heavy atom. The minimum absolute atomic E-state index is 0.0984. The first-order valence-corrected chi connectivity index (χ1v) is 5.29. The molecule has 1 heterocycles. The molecule has 98 valence electrons. The summed E-state index contributed by atoms with van der Waals surface area (Å²) in [6.07, 6.45) is 2.76. The van der Waals surface area contributed by atoms with Gasteiger partial charge in [-0.1, -0.05) is 0 Å². The number of carbonyl (C=O) groups is 2. The average Bonchev–Trinajstić information content (AvgIpc) is 2.75. The standard InChI is InChI=1S/C12H10FN3O3/c1-16-6-14-5-10(16)11(17)15-9-4-7(13)2-3-8(9)12(18)19/h2-6H,1H3,(H,15,17)(H,18,19). The summed E-state index contributed by atoms with van der Waals surface area (Å²) in [5, 5.41) is 11.3. The highest BCUT2D eigenvalue weighted by molar-refractivity contribution is 6.06. The van der Waals surface area contributed by atoms with Crippen molar-refractivity contribution >= 4 is 17.6 Å². The third-order valence-corrected chi connectivity index (χ3v) is 2.51. The zero-order valence-corrected chi connectivity index (χ0v) is 9.92. The molecule has 0 aliphatic rings. The van der Waals surface area contributed by atoms with Crippen molar-refractivity contribution in [3.63, 3.8) is 0 Å². The Kier molecular flexibility index (Phi) is 3.28. The topological polar surface area (TPSA) is 84.2 Å². The summed E-state index contributed by atoms with van der Waals surface area (Å²) in [4.78, 5) is 26.6. The molecule has 0 saturated carbocycles. The Labute approximate surface area is 107 Å². The molecule has 19 heavy (non-hydrogen) atoms. The van der Waals surface area contributed by atoms with E-state index in [1.807, 2.05) is 0 Å². The van der Waals surface area contributed by atoms with E-state index >= 15 is 0 Å². The van der Waals surface area contributed by atoms with Gasteiger partial charge in [-0.25, -0.2) is 14.2 Å². The predicted molar refractivity (Wildman–Crippen MR) is 64.5 cm³/mol. The monoisotopic (exact) mass is 263 g/mol. The van der Waals surface area contributed by atoms with E-state index < -0.39 is 17.7 Å². The number of aromatic carboxylic acids is 1. The van der Waals surface area contributed by atoms with Crippen LogP contribution in [0.2, 0.25) is 0 Å². The molecule has 7 heteroatoms. The summed E-state index contributed by atoms with van der Waals surface area (Å²) in [6, 6.07) is 3.07. The lowest BCUT2D eigenvalue weighted by Crippen LogP contribution is -2.17. The summed E-state index contributed by atoms with van der Waals surface area (Å²) in [7, 11) is 1.62. The molecular formula is C12H10FN3O3. The molecule has 0 saturated heterocycles. The zero-order chi connectivity index (χ0) is 14.0. The van der Waals surface area contributed by atoms with E-state index in [0.29, 0.717) is 0 Å². The Morgan fingerprint density at radius 2 is 2.16 bits per heavy atom. The molecule has 1 aromatic heterocycles. The normalized spacial score (nSPS) is 10.2. The molecule has 2 rings (SSSR count). The summed E-state index contributed by atoms with van der Waals surface area (Å²) >= 11 is 0. The fraction of sp³-hybridized carbons (Fsp3) is 0.0833. The van der Waals surface area contributed by atoms with Gasteiger partial charge in [-0.2, -0.15) is 0 Å². The van der Waals surface area contributed by atoms with Crippen LogP contribution in [0.4, 0.5) is 10.1 Å². The quantitative estimate of drug-likeness (QED) is 0.879. The second-order valence-corrected chi connectivity index (χ2v) is 3.84. The molecule has 0 bridgehead atoms. The Hall–Kier alpha value is -2.70. The largest absolute Gasteiger partial charge is 0.478 e. The van der Waals surface area contributed by atoms with E-state index in [0.717, 1.165) is 18.2 Å². The third kappa shape index (κ3) is 2.59. The number of rotatable bonds is 3. The van der Waals surface area contributed by atoms with E-state index in [9.17, 15) is 14.0 Å². The summed E-state index contributed by atoms with van der Waals surface area (Å²) in [5.74, 6) is -2.45. The number of imidazole rings is 1. The Bertz CT molecular complexity index is 651. The first-order valence-electron chi connectivity index (χ1n) is 5.29. The van der Waals surface area contributed by atoms with Gasteiger partial charge in [-0.05, 0) is 18.2 Å². The van der Waals surface area contributed by atoms with Crippen LogP contribution in [0.25, 0.3) is 0 Å². The fourth-order valence-electron chi connectivity index (χ4n) is 1.57. The molecular weight excluding hydrogens is 253 g/mol. The summed E-state index contributed by atoms with van der Waals surface area (Å²) in [6.45, 7) is 0. The van der Waals surface area contributed by atoms with E-state index in [1.165, 1.54) is 17.1 Å². The number of aromatic nitrogens is 2. The molecule has 2 aromatic rings. The minimum atomic E-state index is -1.25. The van der Waals surface area contributed by atoms with Gasteiger partial charge in [0.2, 0.25) is 0 Å². The number of aryl methyl sites for hydroxylation is 1. The number of hydrogen-bond donors (Lipinski definition) is 2. The second-order valence-electron chi connectivity index (χ2n) is 3.84. The van der Waals surface area contributed by atoms with Crippen LogP contribution in [-0.2, 0) is 7.05 Å². The van der Waals surface area contributed by atoms with Crippen molar-refractivity contribution in [1.29, 1.82) is 0 Å². The number of carbonyl (C=O) groups excluding carboxylic acids is 1. The molecule has 0 fully saturated rings. The fourth-order valence-corrected chi connectivity index (χ4v) is 1.57. The van der Waals surface area contributed by atoms with Gasteiger partial charge in [0.25, 0.3) is 5.91 Å². The molecule has 0 aliphatic heterocycles. The maximum absolute atomic E-state index is 13.1. The molecule has 1 amide bonds. The smallest absolute Gasteiger partial charge is 0.337 e. The minimum Gasteiger partial charge on any atom is -0.478 e. The van der Waals surface area contributed by atoms with Crippen LogP contribution in [0.15, 0.2) is 30.7 Å². The van der Waals surface area contributed by atoms with Crippen LogP contribution >= 0.6 is 0 Å². The number of nitrogens with zero attached hydrogens (tertiary/aromatic N) is 2. The maximum atomic E-state index is 13.1. The van der Waals surface area contributed by atoms with E-state index in [2.05, 4.69) is 10.3 Å². The van der Waals surface area contributed by atoms with Gasteiger partial charge in [-0.15, -0.1) is 0 Å². The van der Waals surface area contributed by atoms with Crippen molar-refractivity contribution in [1.82, 2.24) is 9.55 Å². The molecule has 2 N–H and O–H groups in total. The van der Waals surface area contributed by atoms with Crippen molar-refractivity contribution < 1.29 is 19.1 Å². The van der Waals surface area contributed by atoms with Crippen molar-refractivity contribution in [2.75, 3.05) is 5.32 Å². The van der Waals surface area contributed by atoms with Gasteiger partial charge in [0.05, 0.1) is 23.8 Å². The molecule has 0 unspecified atom stereocenters. The lowest BCUT2D eigenvalue weighted by atomic mass is 10.1. The highest BCUT2D eigenvalue weighted by Crippen LogP contribution is 2.18. The Balaban J connectivity index is 2.33. The number of carboxylic acid groups (broad SMARTS) is 1. The van der Waals surface area contributed by atoms with Crippen LogP contribution in [-0.4, -0.2) is 26.5 Å². The highest BCUT2D eigenvalue weighted by atomic mass is 19.1. The number of anilines is 1. The number of halogens is 1. The molecule has 0 spiro atoms. The lowest BCUT2D eigenvalue weighted by Gasteiger charge is -2.08. The van der Waals surface area contributed by atoms with Crippen molar-refractivity contribution in [2.24, 2.45) is 7.05 Å². The van der Waals surface area contributed by atoms with Gasteiger partial charge >= 0.3 is 5.97 Å². The number of carboxylic acids is 1.